The van der Waals surface area contributed by atoms with E-state index in [1.807, 2.05) is 38.1 Å². The third-order valence-corrected chi connectivity index (χ3v) is 4.20. The molecule has 0 fully saturated rings. The summed E-state index contributed by atoms with van der Waals surface area (Å²) >= 11 is 9.88. The van der Waals surface area contributed by atoms with Crippen LogP contribution in [0.1, 0.15) is 17.3 Å². The molecule has 0 aromatic carbocycles. The maximum atomic E-state index is 6.29. The molecule has 1 atom stereocenters. The molecule has 0 bridgehead atoms. The van der Waals surface area contributed by atoms with Crippen LogP contribution in [0.5, 0.6) is 0 Å². The minimum absolute atomic E-state index is 0.0421. The summed E-state index contributed by atoms with van der Waals surface area (Å²) in [5, 5.41) is 8.41. The zero-order valence-electron chi connectivity index (χ0n) is 12.3. The second-order valence-corrected chi connectivity index (χ2v) is 6.28. The Hall–Kier alpha value is -0.950. The summed E-state index contributed by atoms with van der Waals surface area (Å²) in [6, 6.07) is 1.89. The van der Waals surface area contributed by atoms with E-state index in [0.717, 1.165) is 28.8 Å². The van der Waals surface area contributed by atoms with E-state index in [1.165, 1.54) is 0 Å². The first-order valence-corrected chi connectivity index (χ1v) is 7.84. The van der Waals surface area contributed by atoms with Crippen molar-refractivity contribution in [1.29, 1.82) is 0 Å². The average molecular weight is 373 g/mol. The summed E-state index contributed by atoms with van der Waals surface area (Å²) in [5.41, 5.74) is 2.05. The van der Waals surface area contributed by atoms with Crippen molar-refractivity contribution in [3.05, 3.63) is 45.4 Å². The molecule has 21 heavy (non-hydrogen) atoms. The molecule has 0 radical (unpaired) electrons. The quantitative estimate of drug-likeness (QED) is 0.846. The third-order valence-electron chi connectivity index (χ3n) is 3.27. The summed E-state index contributed by atoms with van der Waals surface area (Å²) in [5.74, 6) is 0. The van der Waals surface area contributed by atoms with Gasteiger partial charge in [0.25, 0.3) is 0 Å². The molecule has 5 nitrogen and oxygen atoms in total. The second kappa shape index (κ2) is 7.35. The van der Waals surface area contributed by atoms with Gasteiger partial charge in [-0.15, -0.1) is 0 Å². The number of likely N-dealkylation sites (N-methyl/N-ethyl adjacent to an activating group) is 1. The Kier molecular flexibility index (Phi) is 5.75. The molecular formula is C14H19BrClN5. The Bertz CT molecular complexity index is 599. The van der Waals surface area contributed by atoms with Crippen LogP contribution in [0.4, 0.5) is 0 Å². The van der Waals surface area contributed by atoms with Crippen LogP contribution < -0.4 is 5.32 Å². The van der Waals surface area contributed by atoms with Crippen molar-refractivity contribution in [3.63, 3.8) is 0 Å². The maximum absolute atomic E-state index is 6.29. The molecule has 2 heterocycles. The van der Waals surface area contributed by atoms with Gasteiger partial charge in [-0.1, -0.05) is 11.6 Å². The van der Waals surface area contributed by atoms with Crippen LogP contribution in [0.3, 0.4) is 0 Å². The predicted octanol–water partition coefficient (Wildman–Crippen LogP) is 2.56. The van der Waals surface area contributed by atoms with E-state index < -0.39 is 0 Å². The van der Waals surface area contributed by atoms with Gasteiger partial charge in [0.2, 0.25) is 0 Å². The largest absolute Gasteiger partial charge is 0.308 e. The third kappa shape index (κ3) is 3.83. The number of aromatic nitrogens is 3. The minimum atomic E-state index is -0.0421. The molecule has 2 aromatic heterocycles. The number of pyridine rings is 1. The monoisotopic (exact) mass is 371 g/mol. The highest BCUT2D eigenvalue weighted by atomic mass is 79.9. The Balaban J connectivity index is 2.38. The van der Waals surface area contributed by atoms with Crippen LogP contribution in [0.2, 0.25) is 5.02 Å². The molecule has 0 saturated carbocycles. The van der Waals surface area contributed by atoms with Crippen molar-refractivity contribution in [3.8, 4) is 0 Å². The molecule has 7 heteroatoms. The van der Waals surface area contributed by atoms with E-state index in [9.17, 15) is 0 Å². The van der Waals surface area contributed by atoms with Gasteiger partial charge in [0.1, 0.15) is 0 Å². The summed E-state index contributed by atoms with van der Waals surface area (Å²) < 4.78 is 2.97. The second-order valence-electron chi connectivity index (χ2n) is 5.02. The van der Waals surface area contributed by atoms with Gasteiger partial charge < -0.3 is 10.2 Å². The summed E-state index contributed by atoms with van der Waals surface area (Å²) in [6.07, 6.45) is 5.24. The highest BCUT2D eigenvalue weighted by Crippen LogP contribution is 2.31. The zero-order chi connectivity index (χ0) is 15.4. The first-order valence-electron chi connectivity index (χ1n) is 6.67. The lowest BCUT2D eigenvalue weighted by atomic mass is 10.1. The molecule has 114 valence electrons. The van der Waals surface area contributed by atoms with Gasteiger partial charge in [0.05, 0.1) is 34.0 Å². The summed E-state index contributed by atoms with van der Waals surface area (Å²) in [4.78, 5) is 6.18. The summed E-state index contributed by atoms with van der Waals surface area (Å²) in [7, 11) is 6.01. The highest BCUT2D eigenvalue weighted by molar-refractivity contribution is 9.10. The van der Waals surface area contributed by atoms with Gasteiger partial charge in [-0.3, -0.25) is 9.67 Å². The fraction of sp³-hybridized carbons (Fsp3) is 0.429. The number of rotatable bonds is 6. The fourth-order valence-electron chi connectivity index (χ4n) is 2.19. The van der Waals surface area contributed by atoms with Gasteiger partial charge in [-0.25, -0.2) is 0 Å². The van der Waals surface area contributed by atoms with Crippen LogP contribution >= 0.6 is 27.5 Å². The van der Waals surface area contributed by atoms with Crippen LogP contribution in [0.25, 0.3) is 0 Å². The lowest BCUT2D eigenvalue weighted by molar-refractivity contribution is 0.366. The van der Waals surface area contributed by atoms with Crippen LogP contribution in [-0.4, -0.2) is 47.4 Å². The molecule has 2 aromatic rings. The average Bonchev–Trinajstić information content (AvgIpc) is 2.81. The molecule has 0 spiro atoms. The minimum Gasteiger partial charge on any atom is -0.308 e. The van der Waals surface area contributed by atoms with Crippen LogP contribution in [0, 0.1) is 0 Å². The summed E-state index contributed by atoms with van der Waals surface area (Å²) in [6.45, 7) is 1.73. The normalized spacial score (nSPS) is 12.9. The van der Waals surface area contributed by atoms with E-state index in [4.69, 9.17) is 11.6 Å². The van der Waals surface area contributed by atoms with E-state index >= 15 is 0 Å². The fourth-order valence-corrected chi connectivity index (χ4v) is 2.95. The predicted molar refractivity (Wildman–Crippen MR) is 88.6 cm³/mol. The molecular weight excluding hydrogens is 354 g/mol. The lowest BCUT2D eigenvalue weighted by Crippen LogP contribution is -2.25. The highest BCUT2D eigenvalue weighted by Gasteiger charge is 2.22. The number of hydrogen-bond acceptors (Lipinski definition) is 4. The molecule has 0 aliphatic carbocycles. The van der Waals surface area contributed by atoms with E-state index in [-0.39, 0.29) is 6.04 Å². The first-order chi connectivity index (χ1) is 10.0. The Morgan fingerprint density at radius 2 is 2.19 bits per heavy atom. The topological polar surface area (TPSA) is 46.0 Å². The van der Waals surface area contributed by atoms with E-state index in [1.54, 1.807) is 12.4 Å². The van der Waals surface area contributed by atoms with Crippen molar-refractivity contribution >= 4 is 27.5 Å². The van der Waals surface area contributed by atoms with E-state index in [2.05, 4.69) is 36.2 Å². The number of nitrogens with one attached hydrogen (secondary N) is 1. The number of halogens is 2. The van der Waals surface area contributed by atoms with Crippen molar-refractivity contribution in [2.75, 3.05) is 27.7 Å². The molecule has 0 aliphatic heterocycles. The molecule has 1 N–H and O–H groups in total. The van der Waals surface area contributed by atoms with Gasteiger partial charge in [0.15, 0.2) is 0 Å². The lowest BCUT2D eigenvalue weighted by Gasteiger charge is -2.21. The molecule has 1 unspecified atom stereocenters. The standard InChI is InChI=1S/C14H19BrClN5/c1-17-13(10-4-5-18-9-12(10)16)14-11(15)8-19-21(14)7-6-20(2)3/h4-5,8-9,13,17H,6-7H2,1-3H3. The Labute approximate surface area is 138 Å². The van der Waals surface area contributed by atoms with Crippen molar-refractivity contribution in [2.45, 2.75) is 12.6 Å². The van der Waals surface area contributed by atoms with Crippen LogP contribution in [-0.2, 0) is 6.54 Å². The molecule has 0 aliphatic rings. The van der Waals surface area contributed by atoms with Crippen LogP contribution in [0.15, 0.2) is 29.1 Å². The molecule has 0 saturated heterocycles. The number of hydrogen-bond donors (Lipinski definition) is 1. The zero-order valence-corrected chi connectivity index (χ0v) is 14.7. The van der Waals surface area contributed by atoms with Crippen molar-refractivity contribution in [1.82, 2.24) is 25.0 Å². The van der Waals surface area contributed by atoms with Gasteiger partial charge in [-0.2, -0.15) is 5.10 Å². The maximum Gasteiger partial charge on any atom is 0.0773 e. The molecule has 0 amide bonds. The van der Waals surface area contributed by atoms with E-state index in [0.29, 0.717) is 5.02 Å². The smallest absolute Gasteiger partial charge is 0.0773 e. The van der Waals surface area contributed by atoms with Crippen molar-refractivity contribution in [2.24, 2.45) is 0 Å². The first kappa shape index (κ1) is 16.4. The SMILES string of the molecule is CNC(c1ccncc1Cl)c1c(Br)cnn1CCN(C)C. The Morgan fingerprint density at radius 1 is 1.43 bits per heavy atom. The van der Waals surface area contributed by atoms with Gasteiger partial charge >= 0.3 is 0 Å². The van der Waals surface area contributed by atoms with Gasteiger partial charge in [-0.05, 0) is 48.7 Å². The number of nitrogens with zero attached hydrogens (tertiary/aromatic N) is 4. The Morgan fingerprint density at radius 3 is 2.81 bits per heavy atom. The van der Waals surface area contributed by atoms with Crippen molar-refractivity contribution < 1.29 is 0 Å². The molecule has 2 rings (SSSR count). The van der Waals surface area contributed by atoms with Gasteiger partial charge in [0, 0.05) is 18.9 Å².